The number of hydrazone groups is 1. The summed E-state index contributed by atoms with van der Waals surface area (Å²) in [4.78, 5) is 29.4. The third-order valence-corrected chi connectivity index (χ3v) is 7.22. The number of allylic oxidation sites excluding steroid dienone is 1. The summed E-state index contributed by atoms with van der Waals surface area (Å²) in [6.45, 7) is 5.89. The monoisotopic (exact) mass is 538 g/mol. The first-order chi connectivity index (χ1) is 19.1. The minimum atomic E-state index is -0.529. The molecular weight excluding hydrogens is 515 g/mol. The van der Waals surface area contributed by atoms with Crippen LogP contribution in [0.4, 0.5) is 15.8 Å². The number of carbonyl (C=O) groups is 1. The molecule has 1 unspecified atom stereocenters. The molecule has 1 amide bonds. The number of carbonyl (C=O) groups excluding carboxylic acids is 1. The van der Waals surface area contributed by atoms with Crippen LogP contribution in [0.5, 0.6) is 0 Å². The molecule has 3 N–H and O–H groups in total. The summed E-state index contributed by atoms with van der Waals surface area (Å²) in [5, 5.41) is 14.7. The van der Waals surface area contributed by atoms with Crippen LogP contribution in [0.25, 0.3) is 22.5 Å². The molecule has 6 heterocycles. The van der Waals surface area contributed by atoms with Crippen molar-refractivity contribution in [3.05, 3.63) is 88.0 Å². The van der Waals surface area contributed by atoms with Crippen LogP contribution in [0.3, 0.4) is 0 Å². The summed E-state index contributed by atoms with van der Waals surface area (Å²) in [6, 6.07) is 5.12. The molecule has 2 aliphatic rings. The lowest BCUT2D eigenvalue weighted by Gasteiger charge is -2.28. The van der Waals surface area contributed by atoms with Crippen molar-refractivity contribution in [3.63, 3.8) is 0 Å². The molecule has 0 saturated heterocycles. The Morgan fingerprint density at radius 1 is 1.23 bits per heavy atom. The fourth-order valence-electron chi connectivity index (χ4n) is 4.68. The van der Waals surface area contributed by atoms with E-state index in [9.17, 15) is 4.79 Å². The Kier molecular flexibility index (Phi) is 6.41. The molecule has 194 valence electrons. The molecule has 39 heavy (non-hydrogen) atoms. The van der Waals surface area contributed by atoms with E-state index in [0.29, 0.717) is 46.8 Å². The number of anilines is 2. The molecule has 6 rings (SSSR count). The average Bonchev–Trinajstić information content (AvgIpc) is 3.51. The fraction of sp³-hybridized carbons (Fsp3) is 0.143. The van der Waals surface area contributed by atoms with E-state index in [1.807, 2.05) is 29.0 Å². The largest absolute Gasteiger partial charge is 0.353 e. The van der Waals surface area contributed by atoms with E-state index in [1.54, 1.807) is 36.7 Å². The molecule has 4 aromatic rings. The SMILES string of the molecule is C=NC1C=C(C2=NNCc3cnc(-c4cncc(NC(=O)CC)c4)c(F)c32)Nc2ccnc(-c3ccsc3)c21. The predicted molar refractivity (Wildman–Crippen MR) is 151 cm³/mol. The average molecular weight is 539 g/mol. The van der Waals surface area contributed by atoms with Crippen LogP contribution in [-0.4, -0.2) is 33.3 Å². The number of pyridine rings is 3. The molecule has 9 nitrogen and oxygen atoms in total. The molecule has 1 atom stereocenters. The van der Waals surface area contributed by atoms with Crippen LogP contribution in [0.1, 0.15) is 36.1 Å². The Hall–Kier alpha value is -4.77. The number of thiophene rings is 1. The fourth-order valence-corrected chi connectivity index (χ4v) is 5.32. The highest BCUT2D eigenvalue weighted by atomic mass is 32.1. The number of rotatable bonds is 6. The lowest BCUT2D eigenvalue weighted by molar-refractivity contribution is -0.115. The van der Waals surface area contributed by atoms with Gasteiger partial charge in [0.25, 0.3) is 0 Å². The number of nitrogens with one attached hydrogen (secondary N) is 3. The molecule has 0 radical (unpaired) electrons. The zero-order valence-electron chi connectivity index (χ0n) is 20.9. The molecule has 0 saturated carbocycles. The maximum Gasteiger partial charge on any atom is 0.224 e. The first-order valence-corrected chi connectivity index (χ1v) is 13.2. The smallest absolute Gasteiger partial charge is 0.224 e. The van der Waals surface area contributed by atoms with Crippen LogP contribution in [0.2, 0.25) is 0 Å². The topological polar surface area (TPSA) is 117 Å². The minimum absolute atomic E-state index is 0.114. The number of aromatic nitrogens is 3. The highest BCUT2D eigenvalue weighted by Crippen LogP contribution is 2.40. The molecule has 0 bridgehead atoms. The lowest BCUT2D eigenvalue weighted by Crippen LogP contribution is -2.28. The van der Waals surface area contributed by atoms with Gasteiger partial charge in [-0.3, -0.25) is 24.7 Å². The highest BCUT2D eigenvalue weighted by Gasteiger charge is 2.31. The lowest BCUT2D eigenvalue weighted by atomic mass is 9.92. The third kappa shape index (κ3) is 4.46. The number of nitrogens with zero attached hydrogens (tertiary/aromatic N) is 5. The second kappa shape index (κ2) is 10.2. The van der Waals surface area contributed by atoms with Gasteiger partial charge in [-0.2, -0.15) is 16.4 Å². The number of aliphatic imine (C=N–C) groups is 1. The Labute approximate surface area is 227 Å². The van der Waals surface area contributed by atoms with E-state index in [1.165, 1.54) is 12.4 Å². The van der Waals surface area contributed by atoms with Crippen molar-refractivity contribution in [1.82, 2.24) is 20.4 Å². The van der Waals surface area contributed by atoms with Gasteiger partial charge in [0.05, 0.1) is 35.9 Å². The van der Waals surface area contributed by atoms with Crippen molar-refractivity contribution in [2.24, 2.45) is 10.1 Å². The van der Waals surface area contributed by atoms with Gasteiger partial charge in [0.2, 0.25) is 5.91 Å². The van der Waals surface area contributed by atoms with Gasteiger partial charge >= 0.3 is 0 Å². The van der Waals surface area contributed by atoms with Gasteiger partial charge in [-0.25, -0.2) is 4.39 Å². The summed E-state index contributed by atoms with van der Waals surface area (Å²) in [7, 11) is 0. The normalized spacial score (nSPS) is 15.6. The van der Waals surface area contributed by atoms with E-state index < -0.39 is 11.9 Å². The number of amides is 1. The van der Waals surface area contributed by atoms with Crippen molar-refractivity contribution in [2.75, 3.05) is 10.6 Å². The summed E-state index contributed by atoms with van der Waals surface area (Å²) < 4.78 is 16.2. The summed E-state index contributed by atoms with van der Waals surface area (Å²) >= 11 is 1.59. The molecule has 0 aromatic carbocycles. The van der Waals surface area contributed by atoms with E-state index >= 15 is 4.39 Å². The minimum Gasteiger partial charge on any atom is -0.353 e. The summed E-state index contributed by atoms with van der Waals surface area (Å²) in [5.41, 5.74) is 9.50. The van der Waals surface area contributed by atoms with Crippen molar-refractivity contribution in [1.29, 1.82) is 0 Å². The number of halogens is 1. The molecule has 0 spiro atoms. The second-order valence-electron chi connectivity index (χ2n) is 8.95. The first kappa shape index (κ1) is 24.6. The van der Waals surface area contributed by atoms with Gasteiger partial charge < -0.3 is 16.1 Å². The van der Waals surface area contributed by atoms with Crippen LogP contribution >= 0.6 is 11.3 Å². The Morgan fingerprint density at radius 3 is 2.92 bits per heavy atom. The van der Waals surface area contributed by atoms with E-state index in [4.69, 9.17) is 0 Å². The van der Waals surface area contributed by atoms with Crippen LogP contribution in [0, 0.1) is 5.82 Å². The second-order valence-corrected chi connectivity index (χ2v) is 9.73. The highest BCUT2D eigenvalue weighted by molar-refractivity contribution is 7.08. The standard InChI is InChI=1S/C28H23FN8OS/c1-3-22(38)35-18-8-16(10-31-13-18)27-25(29)23-17(11-33-27)12-34-37-28(23)21-9-20(30-2)24-19(36-21)4-6-32-26(24)15-5-7-39-14-15/h4-11,13-14,20,34,36H,2-3,12H2,1H3,(H,35,38). The molecule has 4 aromatic heterocycles. The van der Waals surface area contributed by atoms with Crippen molar-refractivity contribution in [3.8, 4) is 22.5 Å². The van der Waals surface area contributed by atoms with Gasteiger partial charge in [0.1, 0.15) is 11.4 Å². The van der Waals surface area contributed by atoms with Gasteiger partial charge in [-0.15, -0.1) is 0 Å². The number of fused-ring (bicyclic) bond motifs is 2. The number of hydrogen-bond acceptors (Lipinski definition) is 9. The summed E-state index contributed by atoms with van der Waals surface area (Å²) in [6.07, 6.45) is 8.59. The Morgan fingerprint density at radius 2 is 2.13 bits per heavy atom. The molecule has 11 heteroatoms. The molecule has 0 aliphatic carbocycles. The van der Waals surface area contributed by atoms with Crippen molar-refractivity contribution < 1.29 is 9.18 Å². The van der Waals surface area contributed by atoms with Crippen molar-refractivity contribution >= 4 is 41.0 Å². The van der Waals surface area contributed by atoms with Crippen LogP contribution in [-0.2, 0) is 11.3 Å². The molecule has 2 aliphatic heterocycles. The maximum atomic E-state index is 16.2. The van der Waals surface area contributed by atoms with E-state index in [-0.39, 0.29) is 11.6 Å². The summed E-state index contributed by atoms with van der Waals surface area (Å²) in [5.74, 6) is -0.689. The predicted octanol–water partition coefficient (Wildman–Crippen LogP) is 5.31. The van der Waals surface area contributed by atoms with Gasteiger partial charge in [-0.1, -0.05) is 6.92 Å². The first-order valence-electron chi connectivity index (χ1n) is 12.3. The van der Waals surface area contributed by atoms with Crippen molar-refractivity contribution in [2.45, 2.75) is 25.9 Å². The Balaban J connectivity index is 1.41. The molecular formula is C28H23FN8OS. The third-order valence-electron chi connectivity index (χ3n) is 6.54. The van der Waals surface area contributed by atoms with Crippen LogP contribution < -0.4 is 16.1 Å². The maximum absolute atomic E-state index is 16.2. The van der Waals surface area contributed by atoms with Gasteiger partial charge in [-0.05, 0) is 36.4 Å². The zero-order valence-corrected chi connectivity index (χ0v) is 21.7. The van der Waals surface area contributed by atoms with Crippen LogP contribution in [0.15, 0.2) is 75.6 Å². The van der Waals surface area contributed by atoms with Gasteiger partial charge in [0, 0.05) is 63.9 Å². The quantitative estimate of drug-likeness (QED) is 0.287. The van der Waals surface area contributed by atoms with Gasteiger partial charge in [0.15, 0.2) is 5.82 Å². The zero-order chi connectivity index (χ0) is 26.9. The Bertz CT molecular complexity index is 1660. The molecule has 0 fully saturated rings. The van der Waals surface area contributed by atoms with E-state index in [2.05, 4.69) is 47.8 Å². The van der Waals surface area contributed by atoms with E-state index in [0.717, 1.165) is 22.5 Å². The number of hydrogen-bond donors (Lipinski definition) is 3.